The summed E-state index contributed by atoms with van der Waals surface area (Å²) < 4.78 is 5.09. The zero-order valence-electron chi connectivity index (χ0n) is 10.3. The second-order valence-electron chi connectivity index (χ2n) is 3.88. The van der Waals surface area contributed by atoms with Gasteiger partial charge in [0.25, 0.3) is 0 Å². The Balaban J connectivity index is 2.49. The molecule has 3 heteroatoms. The second kappa shape index (κ2) is 7.39. The van der Waals surface area contributed by atoms with E-state index in [0.717, 1.165) is 26.2 Å². The highest BCUT2D eigenvalue weighted by atomic mass is 16.5. The van der Waals surface area contributed by atoms with Crippen molar-refractivity contribution in [3.8, 4) is 0 Å². The van der Waals surface area contributed by atoms with E-state index in [4.69, 9.17) is 10.5 Å². The van der Waals surface area contributed by atoms with E-state index in [1.807, 2.05) is 0 Å². The Morgan fingerprint density at radius 1 is 1.19 bits per heavy atom. The molecule has 0 amide bonds. The quantitative estimate of drug-likeness (QED) is 0.762. The Morgan fingerprint density at radius 3 is 2.31 bits per heavy atom. The number of rotatable bonds is 7. The van der Waals surface area contributed by atoms with E-state index < -0.39 is 0 Å². The molecule has 0 aliphatic heterocycles. The van der Waals surface area contributed by atoms with E-state index >= 15 is 0 Å². The number of nitrogens with zero attached hydrogens (tertiary/aromatic N) is 1. The fourth-order valence-corrected chi connectivity index (χ4v) is 1.61. The van der Waals surface area contributed by atoms with Gasteiger partial charge in [-0.1, -0.05) is 31.2 Å². The van der Waals surface area contributed by atoms with Gasteiger partial charge in [-0.2, -0.15) is 0 Å². The average molecular weight is 222 g/mol. The third kappa shape index (κ3) is 4.31. The topological polar surface area (TPSA) is 38.5 Å². The number of methoxy groups -OCH3 is 1. The van der Waals surface area contributed by atoms with Crippen molar-refractivity contribution in [2.75, 3.05) is 26.8 Å². The van der Waals surface area contributed by atoms with Crippen molar-refractivity contribution in [1.29, 1.82) is 0 Å². The molecule has 1 rings (SSSR count). The van der Waals surface area contributed by atoms with E-state index in [-0.39, 0.29) is 0 Å². The standard InChI is InChI=1S/C13H22N2O/c1-3-15(8-9-16-2)11-13-6-4-12(10-14)5-7-13/h4-7H,3,8-11,14H2,1-2H3. The molecule has 3 nitrogen and oxygen atoms in total. The molecule has 1 aromatic carbocycles. The van der Waals surface area contributed by atoms with Crippen LogP contribution in [0.1, 0.15) is 18.1 Å². The monoisotopic (exact) mass is 222 g/mol. The molecule has 0 aromatic heterocycles. The lowest BCUT2D eigenvalue weighted by Gasteiger charge is -2.19. The van der Waals surface area contributed by atoms with Crippen molar-refractivity contribution in [3.05, 3.63) is 35.4 Å². The molecular weight excluding hydrogens is 200 g/mol. The molecule has 0 bridgehead atoms. The van der Waals surface area contributed by atoms with Gasteiger partial charge in [-0.15, -0.1) is 0 Å². The maximum Gasteiger partial charge on any atom is 0.0589 e. The van der Waals surface area contributed by atoms with Gasteiger partial charge in [0.05, 0.1) is 6.61 Å². The van der Waals surface area contributed by atoms with Gasteiger partial charge in [-0.05, 0) is 17.7 Å². The molecule has 0 aliphatic rings. The Morgan fingerprint density at radius 2 is 1.81 bits per heavy atom. The van der Waals surface area contributed by atoms with Crippen LogP contribution in [0.2, 0.25) is 0 Å². The van der Waals surface area contributed by atoms with Gasteiger partial charge in [-0.25, -0.2) is 0 Å². The van der Waals surface area contributed by atoms with Crippen LogP contribution in [0.25, 0.3) is 0 Å². The normalized spacial score (nSPS) is 11.0. The van der Waals surface area contributed by atoms with Crippen molar-refractivity contribution < 1.29 is 4.74 Å². The van der Waals surface area contributed by atoms with Crippen molar-refractivity contribution >= 4 is 0 Å². The first-order chi connectivity index (χ1) is 7.80. The third-order valence-electron chi connectivity index (χ3n) is 2.72. The van der Waals surface area contributed by atoms with Crippen LogP contribution in [0.5, 0.6) is 0 Å². The van der Waals surface area contributed by atoms with Crippen LogP contribution in [0.15, 0.2) is 24.3 Å². The maximum absolute atomic E-state index is 5.57. The highest BCUT2D eigenvalue weighted by molar-refractivity contribution is 5.22. The minimum atomic E-state index is 0.613. The van der Waals surface area contributed by atoms with Crippen LogP contribution < -0.4 is 5.73 Å². The third-order valence-corrected chi connectivity index (χ3v) is 2.72. The highest BCUT2D eigenvalue weighted by Crippen LogP contribution is 2.07. The maximum atomic E-state index is 5.57. The SMILES string of the molecule is CCN(CCOC)Cc1ccc(CN)cc1. The number of benzene rings is 1. The fourth-order valence-electron chi connectivity index (χ4n) is 1.61. The smallest absolute Gasteiger partial charge is 0.0589 e. The van der Waals surface area contributed by atoms with Gasteiger partial charge in [0.1, 0.15) is 0 Å². The summed E-state index contributed by atoms with van der Waals surface area (Å²) in [5.41, 5.74) is 8.08. The first kappa shape index (κ1) is 13.2. The van der Waals surface area contributed by atoms with Gasteiger partial charge in [0, 0.05) is 26.7 Å². The molecule has 0 heterocycles. The summed E-state index contributed by atoms with van der Waals surface area (Å²) in [5, 5.41) is 0. The van der Waals surface area contributed by atoms with E-state index in [0.29, 0.717) is 6.54 Å². The summed E-state index contributed by atoms with van der Waals surface area (Å²) in [4.78, 5) is 2.36. The molecule has 16 heavy (non-hydrogen) atoms. The van der Waals surface area contributed by atoms with Crippen LogP contribution in [0, 0.1) is 0 Å². The number of likely N-dealkylation sites (N-methyl/N-ethyl adjacent to an activating group) is 1. The number of hydrogen-bond donors (Lipinski definition) is 1. The molecule has 0 radical (unpaired) electrons. The van der Waals surface area contributed by atoms with Crippen LogP contribution in [0.4, 0.5) is 0 Å². The highest BCUT2D eigenvalue weighted by Gasteiger charge is 2.03. The summed E-state index contributed by atoms with van der Waals surface area (Å²) in [7, 11) is 1.74. The summed E-state index contributed by atoms with van der Waals surface area (Å²) in [6, 6.07) is 8.49. The van der Waals surface area contributed by atoms with Crippen molar-refractivity contribution in [2.45, 2.75) is 20.0 Å². The minimum absolute atomic E-state index is 0.613. The zero-order chi connectivity index (χ0) is 11.8. The molecule has 90 valence electrons. The second-order valence-corrected chi connectivity index (χ2v) is 3.88. The number of hydrogen-bond acceptors (Lipinski definition) is 3. The Bertz CT molecular complexity index is 284. The van der Waals surface area contributed by atoms with Crippen molar-refractivity contribution in [2.24, 2.45) is 5.73 Å². The van der Waals surface area contributed by atoms with Gasteiger partial charge < -0.3 is 10.5 Å². The van der Waals surface area contributed by atoms with Gasteiger partial charge >= 0.3 is 0 Å². The summed E-state index contributed by atoms with van der Waals surface area (Å²) >= 11 is 0. The Hall–Kier alpha value is -0.900. The van der Waals surface area contributed by atoms with Crippen molar-refractivity contribution in [1.82, 2.24) is 4.90 Å². The molecular formula is C13H22N2O. The first-order valence-electron chi connectivity index (χ1n) is 5.79. The Labute approximate surface area is 98.2 Å². The Kier molecular flexibility index (Phi) is 6.08. The summed E-state index contributed by atoms with van der Waals surface area (Å²) in [6.45, 7) is 6.57. The van der Waals surface area contributed by atoms with Crippen molar-refractivity contribution in [3.63, 3.8) is 0 Å². The van der Waals surface area contributed by atoms with E-state index in [1.54, 1.807) is 7.11 Å². The lowest BCUT2D eigenvalue weighted by Crippen LogP contribution is -2.26. The van der Waals surface area contributed by atoms with E-state index in [1.165, 1.54) is 11.1 Å². The van der Waals surface area contributed by atoms with Gasteiger partial charge in [-0.3, -0.25) is 4.90 Å². The lowest BCUT2D eigenvalue weighted by molar-refractivity contribution is 0.147. The molecule has 0 spiro atoms. The van der Waals surface area contributed by atoms with Gasteiger partial charge in [0.2, 0.25) is 0 Å². The fraction of sp³-hybridized carbons (Fsp3) is 0.538. The molecule has 0 saturated carbocycles. The van der Waals surface area contributed by atoms with Crippen LogP contribution in [-0.2, 0) is 17.8 Å². The largest absolute Gasteiger partial charge is 0.383 e. The van der Waals surface area contributed by atoms with Crippen LogP contribution in [-0.4, -0.2) is 31.7 Å². The molecule has 0 fully saturated rings. The van der Waals surface area contributed by atoms with Crippen LogP contribution >= 0.6 is 0 Å². The minimum Gasteiger partial charge on any atom is -0.383 e. The molecule has 2 N–H and O–H groups in total. The number of ether oxygens (including phenoxy) is 1. The zero-order valence-corrected chi connectivity index (χ0v) is 10.3. The molecule has 1 aromatic rings. The molecule has 0 atom stereocenters. The lowest BCUT2D eigenvalue weighted by atomic mass is 10.1. The average Bonchev–Trinajstić information content (AvgIpc) is 2.35. The van der Waals surface area contributed by atoms with Crippen LogP contribution in [0.3, 0.4) is 0 Å². The predicted molar refractivity (Wildman–Crippen MR) is 67.2 cm³/mol. The predicted octanol–water partition coefficient (Wildman–Crippen LogP) is 1.61. The van der Waals surface area contributed by atoms with Gasteiger partial charge in [0.15, 0.2) is 0 Å². The molecule has 0 aliphatic carbocycles. The molecule has 0 saturated heterocycles. The number of nitrogens with two attached hydrogens (primary N) is 1. The van der Waals surface area contributed by atoms with E-state index in [9.17, 15) is 0 Å². The van der Waals surface area contributed by atoms with E-state index in [2.05, 4.69) is 36.1 Å². The molecule has 0 unspecified atom stereocenters. The summed E-state index contributed by atoms with van der Waals surface area (Å²) in [5.74, 6) is 0. The summed E-state index contributed by atoms with van der Waals surface area (Å²) in [6.07, 6.45) is 0. The first-order valence-corrected chi connectivity index (χ1v) is 5.79.